The lowest BCUT2D eigenvalue weighted by Gasteiger charge is -2.19. The number of aromatic nitrogens is 1. The van der Waals surface area contributed by atoms with Crippen LogP contribution in [0.25, 0.3) is 10.2 Å². The Morgan fingerprint density at radius 1 is 1.08 bits per heavy atom. The van der Waals surface area contributed by atoms with Crippen LogP contribution in [0.5, 0.6) is 0 Å². The molecule has 4 rings (SSSR count). The highest BCUT2D eigenvalue weighted by atomic mass is 32.2. The first kappa shape index (κ1) is 27.9. The second-order valence-electron chi connectivity index (χ2n) is 7.83. The highest BCUT2D eigenvalue weighted by Crippen LogP contribution is 2.31. The van der Waals surface area contributed by atoms with E-state index >= 15 is 0 Å². The van der Waals surface area contributed by atoms with Crippen LogP contribution >= 0.6 is 22.7 Å². The van der Waals surface area contributed by atoms with Crippen molar-refractivity contribution in [2.24, 2.45) is 5.10 Å². The minimum Gasteiger partial charge on any atom is -0.267 e. The molecule has 0 spiro atoms. The van der Waals surface area contributed by atoms with Gasteiger partial charge in [-0.1, -0.05) is 34.8 Å². The average molecular weight is 586 g/mol. The summed E-state index contributed by atoms with van der Waals surface area (Å²) < 4.78 is 41.4. The lowest BCUT2D eigenvalue weighted by molar-refractivity contribution is -0.380. The number of amides is 1. The van der Waals surface area contributed by atoms with Crippen molar-refractivity contribution in [3.63, 3.8) is 0 Å². The Kier molecular flexibility index (Phi) is 8.40. The topological polar surface area (TPSA) is 126 Å². The third-order valence-corrected chi connectivity index (χ3v) is 9.02. The minimum absolute atomic E-state index is 0.0286. The third-order valence-electron chi connectivity index (χ3n) is 5.21. The maximum absolute atomic E-state index is 13.7. The van der Waals surface area contributed by atoms with E-state index in [2.05, 4.69) is 23.2 Å². The number of thiazole rings is 1. The SMILES string of the molecule is C=CCN(CC=C)S(=O)(=O)c1ccc(C(=O)N(/N=C/c2ccc([N+](=O)[O-])s2)c2nc3ccc(F)cc3s2)cc1. The maximum Gasteiger partial charge on any atom is 0.324 e. The van der Waals surface area contributed by atoms with Crippen LogP contribution in [0.3, 0.4) is 0 Å². The van der Waals surface area contributed by atoms with Crippen LogP contribution in [0.15, 0.2) is 89.9 Å². The van der Waals surface area contributed by atoms with Gasteiger partial charge in [0.05, 0.1) is 31.1 Å². The van der Waals surface area contributed by atoms with Crippen molar-refractivity contribution in [3.8, 4) is 0 Å². The number of hydrazone groups is 1. The van der Waals surface area contributed by atoms with Gasteiger partial charge in [-0.2, -0.15) is 14.4 Å². The van der Waals surface area contributed by atoms with Gasteiger partial charge in [0.25, 0.3) is 5.91 Å². The fraction of sp³-hybridized carbons (Fsp3) is 0.0800. The summed E-state index contributed by atoms with van der Waals surface area (Å²) in [6.07, 6.45) is 4.20. The molecule has 0 aliphatic heterocycles. The summed E-state index contributed by atoms with van der Waals surface area (Å²) in [6, 6.07) is 12.1. The molecular weight excluding hydrogens is 566 g/mol. The molecule has 0 fully saturated rings. The van der Waals surface area contributed by atoms with Gasteiger partial charge in [-0.25, -0.2) is 17.8 Å². The number of benzene rings is 2. The highest BCUT2D eigenvalue weighted by molar-refractivity contribution is 7.89. The first-order chi connectivity index (χ1) is 18.6. The van der Waals surface area contributed by atoms with Crippen molar-refractivity contribution in [1.82, 2.24) is 9.29 Å². The zero-order chi connectivity index (χ0) is 28.2. The molecule has 200 valence electrons. The fourth-order valence-corrected chi connectivity index (χ4v) is 6.41. The lowest BCUT2D eigenvalue weighted by Crippen LogP contribution is -2.31. The quantitative estimate of drug-likeness (QED) is 0.0997. The van der Waals surface area contributed by atoms with Gasteiger partial charge >= 0.3 is 5.00 Å². The van der Waals surface area contributed by atoms with E-state index in [0.717, 1.165) is 27.7 Å². The Morgan fingerprint density at radius 2 is 1.77 bits per heavy atom. The van der Waals surface area contributed by atoms with Crippen LogP contribution in [0, 0.1) is 15.9 Å². The molecule has 2 heterocycles. The molecule has 2 aromatic carbocycles. The normalized spacial score (nSPS) is 11.7. The first-order valence-electron chi connectivity index (χ1n) is 11.1. The number of hydrogen-bond donors (Lipinski definition) is 0. The summed E-state index contributed by atoms with van der Waals surface area (Å²) in [5, 5.41) is 16.3. The molecule has 0 atom stereocenters. The molecular formula is C25H20FN5O5S3. The van der Waals surface area contributed by atoms with E-state index < -0.39 is 26.7 Å². The van der Waals surface area contributed by atoms with Gasteiger partial charge in [0.2, 0.25) is 15.2 Å². The van der Waals surface area contributed by atoms with E-state index in [1.807, 2.05) is 0 Å². The fourth-order valence-electron chi connectivity index (χ4n) is 3.39. The van der Waals surface area contributed by atoms with Crippen molar-refractivity contribution in [2.75, 3.05) is 18.1 Å². The molecule has 1 amide bonds. The smallest absolute Gasteiger partial charge is 0.267 e. The standard InChI is InChI=1S/C25H20FN5O5S3/c1-3-13-29(14-4-2)39(35,36)20-9-5-17(6-10-20)24(32)30(27-16-19-8-12-23(37-19)31(33)34)25-28-21-11-7-18(26)15-22(21)38-25/h3-12,15-16H,1-2,13-14H2/b27-16+. The number of carbonyl (C=O) groups excluding carboxylic acids is 1. The summed E-state index contributed by atoms with van der Waals surface area (Å²) in [5.74, 6) is -1.11. The summed E-state index contributed by atoms with van der Waals surface area (Å²) in [5.41, 5.74) is 0.551. The van der Waals surface area contributed by atoms with Gasteiger partial charge < -0.3 is 0 Å². The van der Waals surface area contributed by atoms with Crippen LogP contribution in [0.2, 0.25) is 0 Å². The molecule has 0 aliphatic carbocycles. The second kappa shape index (κ2) is 11.7. The molecule has 0 saturated heterocycles. The monoisotopic (exact) mass is 585 g/mol. The van der Waals surface area contributed by atoms with E-state index in [0.29, 0.717) is 15.1 Å². The molecule has 0 aliphatic rings. The van der Waals surface area contributed by atoms with E-state index in [-0.39, 0.29) is 33.7 Å². The molecule has 0 saturated carbocycles. The van der Waals surface area contributed by atoms with Crippen molar-refractivity contribution >= 4 is 65.2 Å². The number of sulfonamides is 1. The summed E-state index contributed by atoms with van der Waals surface area (Å²) in [4.78, 5) is 28.8. The predicted octanol–water partition coefficient (Wildman–Crippen LogP) is 5.45. The summed E-state index contributed by atoms with van der Waals surface area (Å²) in [7, 11) is -3.88. The van der Waals surface area contributed by atoms with Gasteiger partial charge in [0.15, 0.2) is 0 Å². The number of thiophene rings is 1. The Balaban J connectivity index is 1.70. The van der Waals surface area contributed by atoms with Gasteiger partial charge in [-0.15, -0.1) is 13.2 Å². The van der Waals surface area contributed by atoms with Gasteiger partial charge in [0, 0.05) is 24.7 Å². The molecule has 2 aromatic heterocycles. The number of anilines is 1. The first-order valence-corrected chi connectivity index (χ1v) is 14.2. The molecule has 0 bridgehead atoms. The van der Waals surface area contributed by atoms with Crippen molar-refractivity contribution in [3.05, 3.63) is 106 Å². The number of fused-ring (bicyclic) bond motifs is 1. The number of rotatable bonds is 11. The molecule has 10 nitrogen and oxygen atoms in total. The molecule has 39 heavy (non-hydrogen) atoms. The Bertz CT molecular complexity index is 1690. The lowest BCUT2D eigenvalue weighted by atomic mass is 10.2. The second-order valence-corrected chi connectivity index (χ2v) is 11.9. The van der Waals surface area contributed by atoms with Crippen LogP contribution in [0.1, 0.15) is 15.2 Å². The van der Waals surface area contributed by atoms with E-state index in [1.165, 1.54) is 77.3 Å². The van der Waals surface area contributed by atoms with Crippen LogP contribution in [-0.4, -0.2) is 47.8 Å². The van der Waals surface area contributed by atoms with Crippen LogP contribution in [0.4, 0.5) is 14.5 Å². The molecule has 0 N–H and O–H groups in total. The number of nitrogens with zero attached hydrogens (tertiary/aromatic N) is 5. The largest absolute Gasteiger partial charge is 0.324 e. The van der Waals surface area contributed by atoms with Crippen molar-refractivity contribution in [2.45, 2.75) is 4.90 Å². The van der Waals surface area contributed by atoms with E-state index in [1.54, 1.807) is 0 Å². The third kappa shape index (κ3) is 6.15. The number of hydrogen-bond acceptors (Lipinski definition) is 9. The summed E-state index contributed by atoms with van der Waals surface area (Å²) >= 11 is 1.89. The zero-order valence-corrected chi connectivity index (χ0v) is 22.6. The number of carbonyl (C=O) groups is 1. The van der Waals surface area contributed by atoms with Crippen molar-refractivity contribution < 1.29 is 22.5 Å². The Labute approximate surface area is 230 Å². The molecule has 0 unspecified atom stereocenters. The number of halogens is 1. The van der Waals surface area contributed by atoms with E-state index in [9.17, 15) is 27.7 Å². The zero-order valence-electron chi connectivity index (χ0n) is 20.1. The summed E-state index contributed by atoms with van der Waals surface area (Å²) in [6.45, 7) is 7.33. The van der Waals surface area contributed by atoms with E-state index in [4.69, 9.17) is 0 Å². The maximum atomic E-state index is 13.7. The van der Waals surface area contributed by atoms with Gasteiger partial charge in [-0.3, -0.25) is 14.9 Å². The minimum atomic E-state index is -3.88. The van der Waals surface area contributed by atoms with Crippen molar-refractivity contribution in [1.29, 1.82) is 0 Å². The molecule has 4 aromatic rings. The highest BCUT2D eigenvalue weighted by Gasteiger charge is 2.25. The van der Waals surface area contributed by atoms with Crippen LogP contribution < -0.4 is 5.01 Å². The average Bonchev–Trinajstić information content (AvgIpc) is 3.56. The van der Waals surface area contributed by atoms with Crippen LogP contribution in [-0.2, 0) is 10.0 Å². The molecule has 14 heteroatoms. The molecule has 0 radical (unpaired) electrons. The number of nitro groups is 1. The van der Waals surface area contributed by atoms with Gasteiger partial charge in [-0.05, 0) is 48.5 Å². The van der Waals surface area contributed by atoms with Gasteiger partial charge in [0.1, 0.15) is 5.82 Å². The Morgan fingerprint density at radius 3 is 2.38 bits per heavy atom. The Hall–Kier alpha value is -4.11. The predicted molar refractivity (Wildman–Crippen MR) is 151 cm³/mol.